The molecule has 1 aliphatic heterocycles. The Labute approximate surface area is 135 Å². The Balaban J connectivity index is 2.35. The number of nitrogen functional groups attached to an aromatic ring is 1. The molecule has 0 bridgehead atoms. The molecule has 1 aromatic rings. The third-order valence-corrected chi connectivity index (χ3v) is 6.03. The molecule has 0 aromatic carbocycles. The lowest BCUT2D eigenvalue weighted by molar-refractivity contribution is 0.0960. The van der Waals surface area contributed by atoms with Gasteiger partial charge in [-0.25, -0.2) is 0 Å². The van der Waals surface area contributed by atoms with Crippen molar-refractivity contribution >= 4 is 39.7 Å². The number of piperidine rings is 1. The van der Waals surface area contributed by atoms with E-state index in [1.807, 2.05) is 13.2 Å². The quantitative estimate of drug-likeness (QED) is 0.832. The van der Waals surface area contributed by atoms with Gasteiger partial charge in [-0.2, -0.15) is 0 Å². The molecule has 118 valence electrons. The monoisotopic (exact) mass is 327 g/mol. The Morgan fingerprint density at radius 1 is 1.52 bits per heavy atom. The number of anilines is 2. The molecular formula is C15H25N3OS2. The van der Waals surface area contributed by atoms with Crippen LogP contribution in [0.3, 0.4) is 0 Å². The fourth-order valence-corrected chi connectivity index (χ4v) is 4.95. The molecule has 0 unspecified atom stereocenters. The number of thioether (sulfide) groups is 1. The first-order valence-electron chi connectivity index (χ1n) is 7.39. The maximum Gasteiger partial charge on any atom is 0.263 e. The third kappa shape index (κ3) is 3.48. The lowest BCUT2D eigenvalue weighted by atomic mass is 9.84. The smallest absolute Gasteiger partial charge is 0.263 e. The van der Waals surface area contributed by atoms with E-state index in [0.717, 1.165) is 23.0 Å². The normalized spacial score (nSPS) is 17.8. The van der Waals surface area contributed by atoms with Crippen LogP contribution in [0, 0.1) is 5.41 Å². The lowest BCUT2D eigenvalue weighted by Gasteiger charge is -2.39. The molecule has 1 aliphatic rings. The molecule has 3 N–H and O–H groups in total. The van der Waals surface area contributed by atoms with Crippen molar-refractivity contribution in [2.24, 2.45) is 5.41 Å². The highest BCUT2D eigenvalue weighted by Crippen LogP contribution is 2.46. The summed E-state index contributed by atoms with van der Waals surface area (Å²) in [6, 6.07) is 0. The van der Waals surface area contributed by atoms with E-state index in [1.165, 1.54) is 24.2 Å². The average Bonchev–Trinajstić information content (AvgIpc) is 2.75. The fraction of sp³-hybridized carbons (Fsp3) is 0.667. The van der Waals surface area contributed by atoms with E-state index < -0.39 is 0 Å². The number of hydrogen-bond donors (Lipinski definition) is 2. The highest BCUT2D eigenvalue weighted by molar-refractivity contribution is 7.99. The summed E-state index contributed by atoms with van der Waals surface area (Å²) in [6.07, 6.45) is 4.47. The minimum Gasteiger partial charge on any atom is -0.396 e. The summed E-state index contributed by atoms with van der Waals surface area (Å²) in [6.45, 7) is 9.22. The number of nitrogens with two attached hydrogens (primary N) is 1. The molecule has 1 aromatic heterocycles. The molecule has 0 radical (unpaired) electrons. The molecule has 0 aliphatic carbocycles. The van der Waals surface area contributed by atoms with Crippen LogP contribution < -0.4 is 16.0 Å². The Hall–Kier alpha value is -0.880. The second kappa shape index (κ2) is 6.48. The zero-order valence-electron chi connectivity index (χ0n) is 13.3. The Kier molecular flexibility index (Phi) is 5.09. The number of amides is 1. The summed E-state index contributed by atoms with van der Waals surface area (Å²) < 4.78 is 0. The highest BCUT2D eigenvalue weighted by atomic mass is 32.2. The average molecular weight is 328 g/mol. The van der Waals surface area contributed by atoms with Crippen LogP contribution in [0.5, 0.6) is 0 Å². The van der Waals surface area contributed by atoms with Gasteiger partial charge in [0.2, 0.25) is 0 Å². The topological polar surface area (TPSA) is 58.4 Å². The van der Waals surface area contributed by atoms with Crippen molar-refractivity contribution in [3.63, 3.8) is 0 Å². The number of carbonyl (C=O) groups is 1. The summed E-state index contributed by atoms with van der Waals surface area (Å²) in [5.74, 6) is -0.0576. The third-order valence-electron chi connectivity index (χ3n) is 3.82. The molecule has 1 amide bonds. The van der Waals surface area contributed by atoms with Gasteiger partial charge in [0.15, 0.2) is 0 Å². The summed E-state index contributed by atoms with van der Waals surface area (Å²) >= 11 is 3.17. The lowest BCUT2D eigenvalue weighted by Crippen LogP contribution is -2.39. The van der Waals surface area contributed by atoms with Gasteiger partial charge in [0.05, 0.1) is 10.6 Å². The predicted molar refractivity (Wildman–Crippen MR) is 93.7 cm³/mol. The van der Waals surface area contributed by atoms with Gasteiger partial charge in [-0.1, -0.05) is 13.8 Å². The van der Waals surface area contributed by atoms with E-state index in [9.17, 15) is 4.79 Å². The van der Waals surface area contributed by atoms with Crippen molar-refractivity contribution in [2.45, 2.75) is 38.5 Å². The molecule has 2 rings (SSSR count). The number of nitrogens with zero attached hydrogens (tertiary/aromatic N) is 1. The second-order valence-corrected chi connectivity index (χ2v) is 8.05. The summed E-state index contributed by atoms with van der Waals surface area (Å²) in [5, 5.41) is 4.01. The van der Waals surface area contributed by atoms with Gasteiger partial charge < -0.3 is 16.0 Å². The van der Waals surface area contributed by atoms with E-state index in [-0.39, 0.29) is 5.91 Å². The maximum absolute atomic E-state index is 12.1. The van der Waals surface area contributed by atoms with Crippen LogP contribution in [0.15, 0.2) is 4.90 Å². The maximum atomic E-state index is 12.1. The highest BCUT2D eigenvalue weighted by Gasteiger charge is 2.30. The van der Waals surface area contributed by atoms with E-state index >= 15 is 0 Å². The summed E-state index contributed by atoms with van der Waals surface area (Å²) in [5.41, 5.74) is 7.18. The molecule has 0 atom stereocenters. The Morgan fingerprint density at radius 3 is 2.81 bits per heavy atom. The van der Waals surface area contributed by atoms with Crippen molar-refractivity contribution in [3.05, 3.63) is 4.88 Å². The van der Waals surface area contributed by atoms with E-state index in [4.69, 9.17) is 5.73 Å². The molecule has 1 saturated heterocycles. The number of carbonyl (C=O) groups excluding carboxylic acids is 1. The van der Waals surface area contributed by atoms with Crippen LogP contribution in [0.1, 0.15) is 43.3 Å². The van der Waals surface area contributed by atoms with Crippen LogP contribution in [0.25, 0.3) is 0 Å². The minimum atomic E-state index is -0.0576. The SMILES string of the molecule is CCNC(=O)c1sc(N2CCCC(C)(C)C2)c(SC)c1N. The van der Waals surface area contributed by atoms with E-state index in [1.54, 1.807) is 11.8 Å². The molecule has 4 nitrogen and oxygen atoms in total. The van der Waals surface area contributed by atoms with Crippen molar-refractivity contribution in [1.29, 1.82) is 0 Å². The predicted octanol–water partition coefficient (Wildman–Crippen LogP) is 3.43. The van der Waals surface area contributed by atoms with Gasteiger partial charge in [-0.3, -0.25) is 4.79 Å². The van der Waals surface area contributed by atoms with Gasteiger partial charge in [0.25, 0.3) is 5.91 Å². The van der Waals surface area contributed by atoms with E-state index in [0.29, 0.717) is 22.5 Å². The Morgan fingerprint density at radius 2 is 2.24 bits per heavy atom. The molecular weight excluding hydrogens is 302 g/mol. The molecule has 1 fully saturated rings. The van der Waals surface area contributed by atoms with Crippen molar-refractivity contribution < 1.29 is 4.79 Å². The summed E-state index contributed by atoms with van der Waals surface area (Å²) in [7, 11) is 0. The number of nitrogens with one attached hydrogen (secondary N) is 1. The van der Waals surface area contributed by atoms with Crippen LogP contribution in [-0.2, 0) is 0 Å². The van der Waals surface area contributed by atoms with Gasteiger partial charge in [-0.15, -0.1) is 23.1 Å². The van der Waals surface area contributed by atoms with Crippen LogP contribution in [-0.4, -0.2) is 31.8 Å². The largest absolute Gasteiger partial charge is 0.396 e. The first-order valence-corrected chi connectivity index (χ1v) is 9.43. The number of thiophene rings is 1. The van der Waals surface area contributed by atoms with Gasteiger partial charge in [0, 0.05) is 19.6 Å². The number of rotatable bonds is 4. The minimum absolute atomic E-state index is 0.0576. The van der Waals surface area contributed by atoms with Crippen LogP contribution in [0.2, 0.25) is 0 Å². The second-order valence-electron chi connectivity index (χ2n) is 6.23. The van der Waals surface area contributed by atoms with Crippen LogP contribution >= 0.6 is 23.1 Å². The molecule has 21 heavy (non-hydrogen) atoms. The molecule has 6 heteroatoms. The van der Waals surface area contributed by atoms with Crippen molar-refractivity contribution in [3.8, 4) is 0 Å². The Bertz CT molecular complexity index is 525. The molecule has 0 spiro atoms. The van der Waals surface area contributed by atoms with Crippen LogP contribution in [0.4, 0.5) is 10.7 Å². The van der Waals surface area contributed by atoms with Gasteiger partial charge >= 0.3 is 0 Å². The van der Waals surface area contributed by atoms with Crippen molar-refractivity contribution in [1.82, 2.24) is 5.32 Å². The zero-order valence-corrected chi connectivity index (χ0v) is 14.9. The number of hydrogen-bond acceptors (Lipinski definition) is 5. The van der Waals surface area contributed by atoms with Gasteiger partial charge in [-0.05, 0) is 31.4 Å². The first kappa shape index (κ1) is 16.5. The van der Waals surface area contributed by atoms with Gasteiger partial charge in [0.1, 0.15) is 9.88 Å². The van der Waals surface area contributed by atoms with Crippen molar-refractivity contribution in [2.75, 3.05) is 36.5 Å². The first-order chi connectivity index (χ1) is 9.89. The fourth-order valence-electron chi connectivity index (χ4n) is 2.83. The summed E-state index contributed by atoms with van der Waals surface area (Å²) in [4.78, 5) is 16.3. The molecule has 2 heterocycles. The molecule has 0 saturated carbocycles. The standard InChI is InChI=1S/C15H25N3OS2/c1-5-17-13(19)11-10(16)12(20-4)14(21-11)18-8-6-7-15(2,3)9-18/h5-9,16H2,1-4H3,(H,17,19). The van der Waals surface area contributed by atoms with E-state index in [2.05, 4.69) is 24.1 Å². The zero-order chi connectivity index (χ0) is 15.6.